The summed E-state index contributed by atoms with van der Waals surface area (Å²) in [4.78, 5) is 4.08. The molecule has 0 atom stereocenters. The number of nitrogens with one attached hydrogen (secondary N) is 2. The second kappa shape index (κ2) is 10.3. The number of hydrogen-bond acceptors (Lipinski definition) is 4. The molecule has 0 unspecified atom stereocenters. The van der Waals surface area contributed by atoms with Crippen LogP contribution in [0.2, 0.25) is 0 Å². The molecule has 11 heteroatoms. The van der Waals surface area contributed by atoms with Crippen LogP contribution in [0.5, 0.6) is 0 Å². The molecule has 0 aliphatic carbocycles. The lowest BCUT2D eigenvalue weighted by Gasteiger charge is -2.31. The van der Waals surface area contributed by atoms with Gasteiger partial charge in [-0.1, -0.05) is 13.8 Å². The SMILES string of the molecule is CN=C(NCCOCC(C)C)NCC1CCN(S(=O)(=O)C(F)(F)F)CC1. The number of ether oxygens (including phenoxy) is 1. The van der Waals surface area contributed by atoms with E-state index in [0.29, 0.717) is 55.3 Å². The summed E-state index contributed by atoms with van der Waals surface area (Å²) >= 11 is 0. The maximum absolute atomic E-state index is 12.6. The third-order valence-corrected chi connectivity index (χ3v) is 5.61. The van der Waals surface area contributed by atoms with Crippen LogP contribution in [0.25, 0.3) is 0 Å². The second-order valence-electron chi connectivity index (χ2n) is 6.64. The zero-order chi connectivity index (χ0) is 19.8. The van der Waals surface area contributed by atoms with Crippen LogP contribution in [0.3, 0.4) is 0 Å². The lowest BCUT2D eigenvalue weighted by Crippen LogP contribution is -2.47. The van der Waals surface area contributed by atoms with Crippen LogP contribution in [0.15, 0.2) is 4.99 Å². The summed E-state index contributed by atoms with van der Waals surface area (Å²) in [6.45, 7) is 6.24. The Labute approximate surface area is 153 Å². The highest BCUT2D eigenvalue weighted by Crippen LogP contribution is 2.30. The average molecular weight is 402 g/mol. The summed E-state index contributed by atoms with van der Waals surface area (Å²) in [5, 5.41) is 6.21. The zero-order valence-corrected chi connectivity index (χ0v) is 16.3. The minimum atomic E-state index is -5.23. The van der Waals surface area contributed by atoms with E-state index in [4.69, 9.17) is 4.74 Å². The van der Waals surface area contributed by atoms with Crippen molar-refractivity contribution in [1.29, 1.82) is 0 Å². The molecule has 0 saturated carbocycles. The van der Waals surface area contributed by atoms with Gasteiger partial charge in [0.15, 0.2) is 5.96 Å². The van der Waals surface area contributed by atoms with Crippen LogP contribution in [0.4, 0.5) is 13.2 Å². The van der Waals surface area contributed by atoms with Crippen LogP contribution in [0, 0.1) is 11.8 Å². The molecule has 1 rings (SSSR count). The van der Waals surface area contributed by atoms with E-state index >= 15 is 0 Å². The molecule has 1 aliphatic heterocycles. The van der Waals surface area contributed by atoms with Gasteiger partial charge in [0.05, 0.1) is 6.61 Å². The fourth-order valence-electron chi connectivity index (χ4n) is 2.52. The molecule has 2 N–H and O–H groups in total. The van der Waals surface area contributed by atoms with Crippen LogP contribution < -0.4 is 10.6 Å². The van der Waals surface area contributed by atoms with E-state index in [2.05, 4.69) is 29.5 Å². The third kappa shape index (κ3) is 7.28. The predicted molar refractivity (Wildman–Crippen MR) is 94.3 cm³/mol. The molecule has 0 radical (unpaired) electrons. The maximum atomic E-state index is 12.6. The van der Waals surface area contributed by atoms with E-state index in [1.165, 1.54) is 0 Å². The molecular weight excluding hydrogens is 373 g/mol. The fraction of sp³-hybridized carbons (Fsp3) is 0.933. The molecule has 7 nitrogen and oxygen atoms in total. The monoisotopic (exact) mass is 402 g/mol. The molecular formula is C15H29F3N4O3S. The standard InChI is InChI=1S/C15H29F3N4O3S/c1-12(2)11-25-9-6-20-14(19-3)21-10-13-4-7-22(8-5-13)26(23,24)15(16,17)18/h12-13H,4-11H2,1-3H3,(H2,19,20,21). The summed E-state index contributed by atoms with van der Waals surface area (Å²) in [5.74, 6) is 1.15. The molecule has 0 aromatic heterocycles. The van der Waals surface area contributed by atoms with Gasteiger partial charge < -0.3 is 15.4 Å². The number of piperidine rings is 1. The van der Waals surface area contributed by atoms with Gasteiger partial charge in [-0.3, -0.25) is 4.99 Å². The number of aliphatic imine (C=N–C) groups is 1. The number of hydrogen-bond donors (Lipinski definition) is 2. The molecule has 1 fully saturated rings. The van der Waals surface area contributed by atoms with Crippen LogP contribution in [-0.4, -0.2) is 70.6 Å². The van der Waals surface area contributed by atoms with E-state index < -0.39 is 15.5 Å². The Bertz CT molecular complexity index is 545. The predicted octanol–water partition coefficient (Wildman–Crippen LogP) is 1.39. The summed E-state index contributed by atoms with van der Waals surface area (Å²) in [7, 11) is -3.59. The molecule has 1 aliphatic rings. The average Bonchev–Trinajstić information content (AvgIpc) is 2.56. The molecule has 1 saturated heterocycles. The molecule has 0 aromatic rings. The van der Waals surface area contributed by atoms with Crippen molar-refractivity contribution in [2.24, 2.45) is 16.8 Å². The quantitative estimate of drug-likeness (QED) is 0.364. The zero-order valence-electron chi connectivity index (χ0n) is 15.5. The van der Waals surface area contributed by atoms with Gasteiger partial charge in [-0.05, 0) is 24.7 Å². The van der Waals surface area contributed by atoms with Crippen molar-refractivity contribution in [3.05, 3.63) is 0 Å². The first-order valence-electron chi connectivity index (χ1n) is 8.66. The molecule has 154 valence electrons. The Kier molecular flexibility index (Phi) is 9.11. The highest BCUT2D eigenvalue weighted by molar-refractivity contribution is 7.90. The third-order valence-electron chi connectivity index (χ3n) is 3.98. The Morgan fingerprint density at radius 1 is 1.27 bits per heavy atom. The van der Waals surface area contributed by atoms with Crippen LogP contribution in [0.1, 0.15) is 26.7 Å². The van der Waals surface area contributed by atoms with Crippen molar-refractivity contribution in [3.63, 3.8) is 0 Å². The second-order valence-corrected chi connectivity index (χ2v) is 8.57. The van der Waals surface area contributed by atoms with Crippen molar-refractivity contribution in [2.45, 2.75) is 32.2 Å². The smallest absolute Gasteiger partial charge is 0.379 e. The van der Waals surface area contributed by atoms with Gasteiger partial charge in [0.2, 0.25) is 0 Å². The topological polar surface area (TPSA) is 83.0 Å². The molecule has 26 heavy (non-hydrogen) atoms. The van der Waals surface area contributed by atoms with Crippen LogP contribution >= 0.6 is 0 Å². The van der Waals surface area contributed by atoms with Crippen molar-refractivity contribution in [1.82, 2.24) is 14.9 Å². The maximum Gasteiger partial charge on any atom is 0.511 e. The number of halogens is 3. The normalized spacial score (nSPS) is 18.3. The van der Waals surface area contributed by atoms with Crippen molar-refractivity contribution < 1.29 is 26.3 Å². The summed E-state index contributed by atoms with van der Waals surface area (Å²) in [6.07, 6.45) is 0.744. The van der Waals surface area contributed by atoms with Gasteiger partial charge in [0, 0.05) is 39.8 Å². The van der Waals surface area contributed by atoms with Gasteiger partial charge in [-0.2, -0.15) is 17.5 Å². The van der Waals surface area contributed by atoms with Crippen molar-refractivity contribution in [3.8, 4) is 0 Å². The van der Waals surface area contributed by atoms with E-state index in [0.717, 1.165) is 0 Å². The Balaban J connectivity index is 2.30. The van der Waals surface area contributed by atoms with Gasteiger partial charge in [0.1, 0.15) is 0 Å². The number of nitrogens with zero attached hydrogens (tertiary/aromatic N) is 2. The highest BCUT2D eigenvalue weighted by atomic mass is 32.2. The molecule has 0 amide bonds. The van der Waals surface area contributed by atoms with Crippen molar-refractivity contribution >= 4 is 16.0 Å². The molecule has 1 heterocycles. The van der Waals surface area contributed by atoms with Crippen LogP contribution in [-0.2, 0) is 14.8 Å². The first-order chi connectivity index (χ1) is 12.1. The van der Waals surface area contributed by atoms with Gasteiger partial charge in [-0.25, -0.2) is 8.42 Å². The Morgan fingerprint density at radius 3 is 2.38 bits per heavy atom. The van der Waals surface area contributed by atoms with E-state index in [1.807, 2.05) is 0 Å². The summed E-state index contributed by atoms with van der Waals surface area (Å²) in [5.41, 5.74) is -5.23. The minimum Gasteiger partial charge on any atom is -0.379 e. The highest BCUT2D eigenvalue weighted by Gasteiger charge is 2.50. The lowest BCUT2D eigenvalue weighted by atomic mass is 9.98. The number of guanidine groups is 1. The minimum absolute atomic E-state index is 0.0884. The Hall–Kier alpha value is -1.07. The van der Waals surface area contributed by atoms with Gasteiger partial charge >= 0.3 is 15.5 Å². The first-order valence-corrected chi connectivity index (χ1v) is 10.1. The van der Waals surface area contributed by atoms with Crippen molar-refractivity contribution in [2.75, 3.05) is 46.4 Å². The largest absolute Gasteiger partial charge is 0.511 e. The molecule has 0 bridgehead atoms. The number of sulfonamides is 1. The first kappa shape index (κ1) is 23.0. The number of rotatable bonds is 8. The van der Waals surface area contributed by atoms with E-state index in [1.54, 1.807) is 7.05 Å². The molecule has 0 spiro atoms. The van der Waals surface area contributed by atoms with Gasteiger partial charge in [0.25, 0.3) is 0 Å². The molecule has 0 aromatic carbocycles. The van der Waals surface area contributed by atoms with E-state index in [-0.39, 0.29) is 19.0 Å². The summed E-state index contributed by atoms with van der Waals surface area (Å²) in [6, 6.07) is 0. The summed E-state index contributed by atoms with van der Waals surface area (Å²) < 4.78 is 66.4. The van der Waals surface area contributed by atoms with Gasteiger partial charge in [-0.15, -0.1) is 0 Å². The lowest BCUT2D eigenvalue weighted by molar-refractivity contribution is -0.0496. The number of alkyl halides is 3. The fourth-order valence-corrected chi connectivity index (χ4v) is 3.51. The Morgan fingerprint density at radius 2 is 1.88 bits per heavy atom. The van der Waals surface area contributed by atoms with E-state index in [9.17, 15) is 21.6 Å².